The van der Waals surface area contributed by atoms with Gasteiger partial charge in [-0.25, -0.2) is 0 Å². The van der Waals surface area contributed by atoms with Gasteiger partial charge in [0.25, 0.3) is 0 Å². The second-order valence-electron chi connectivity index (χ2n) is 7.84. The lowest BCUT2D eigenvalue weighted by Gasteiger charge is -2.31. The Balaban J connectivity index is 3.35. The summed E-state index contributed by atoms with van der Waals surface area (Å²) in [5.41, 5.74) is -0.372. The standard InChI is InChI=1S/C21H32O5/c1-7-14(6)18(23)17-19(24)15(10-8-12(2)3)21(26,20(17)25)16(22)11-9-13(4)5/h8-9,14-17,22,26H,7,10-11H2,1-6H3/t14?,15-,16+,17?,21-/m1/s1. The van der Waals surface area contributed by atoms with Gasteiger partial charge in [-0.2, -0.15) is 0 Å². The van der Waals surface area contributed by atoms with Gasteiger partial charge in [-0.15, -0.1) is 0 Å². The van der Waals surface area contributed by atoms with E-state index in [-0.39, 0.29) is 12.8 Å². The third-order valence-electron chi connectivity index (χ3n) is 5.22. The van der Waals surface area contributed by atoms with Crippen LogP contribution in [-0.4, -0.2) is 39.3 Å². The zero-order chi connectivity index (χ0) is 20.2. The van der Waals surface area contributed by atoms with Crippen LogP contribution in [-0.2, 0) is 14.4 Å². The van der Waals surface area contributed by atoms with Gasteiger partial charge < -0.3 is 10.2 Å². The highest BCUT2D eigenvalue weighted by Crippen LogP contribution is 2.41. The van der Waals surface area contributed by atoms with Crippen LogP contribution in [0.2, 0.25) is 0 Å². The lowest BCUT2D eigenvalue weighted by Crippen LogP contribution is -2.52. The molecule has 1 aliphatic carbocycles. The fourth-order valence-corrected chi connectivity index (χ4v) is 3.28. The predicted octanol–water partition coefficient (Wildman–Crippen LogP) is 2.79. The Hall–Kier alpha value is -1.59. The van der Waals surface area contributed by atoms with Crippen molar-refractivity contribution < 1.29 is 24.6 Å². The van der Waals surface area contributed by atoms with Crippen molar-refractivity contribution in [3.05, 3.63) is 23.3 Å². The highest BCUT2D eigenvalue weighted by Gasteiger charge is 2.64. The molecule has 0 amide bonds. The van der Waals surface area contributed by atoms with E-state index in [1.54, 1.807) is 19.1 Å². The van der Waals surface area contributed by atoms with Crippen molar-refractivity contribution in [1.29, 1.82) is 0 Å². The quantitative estimate of drug-likeness (QED) is 0.510. The minimum atomic E-state index is -2.23. The summed E-state index contributed by atoms with van der Waals surface area (Å²) >= 11 is 0. The van der Waals surface area contributed by atoms with Crippen LogP contribution in [0.4, 0.5) is 0 Å². The molecule has 1 saturated carbocycles. The van der Waals surface area contributed by atoms with E-state index >= 15 is 0 Å². The fraction of sp³-hybridized carbons (Fsp3) is 0.667. The summed E-state index contributed by atoms with van der Waals surface area (Å²) in [5, 5.41) is 21.7. The molecule has 0 radical (unpaired) electrons. The van der Waals surface area contributed by atoms with E-state index in [2.05, 4.69) is 0 Å². The van der Waals surface area contributed by atoms with E-state index in [0.29, 0.717) is 6.42 Å². The number of ketones is 3. The average Bonchev–Trinajstić information content (AvgIpc) is 2.76. The van der Waals surface area contributed by atoms with E-state index < -0.39 is 46.8 Å². The lowest BCUT2D eigenvalue weighted by molar-refractivity contribution is -0.156. The number of allylic oxidation sites excluding steroid dienone is 3. The first-order valence-electron chi connectivity index (χ1n) is 9.27. The Bertz CT molecular complexity index is 622. The van der Waals surface area contributed by atoms with Crippen LogP contribution in [0.25, 0.3) is 0 Å². The maximum Gasteiger partial charge on any atom is 0.185 e. The number of hydrogen-bond acceptors (Lipinski definition) is 5. The molecular formula is C21H32O5. The van der Waals surface area contributed by atoms with Crippen LogP contribution < -0.4 is 0 Å². The molecule has 5 atom stereocenters. The number of Topliss-reactive ketones (excluding diaryl/α,β-unsaturated/α-hetero) is 3. The minimum absolute atomic E-state index is 0.0490. The molecule has 26 heavy (non-hydrogen) atoms. The Morgan fingerprint density at radius 2 is 1.69 bits per heavy atom. The largest absolute Gasteiger partial charge is 0.389 e. The molecule has 0 spiro atoms. The van der Waals surface area contributed by atoms with E-state index in [0.717, 1.165) is 11.1 Å². The molecule has 2 N–H and O–H groups in total. The number of aliphatic hydroxyl groups is 2. The Kier molecular flexibility index (Phi) is 7.66. The molecule has 5 heteroatoms. The van der Waals surface area contributed by atoms with Gasteiger partial charge in [-0.05, 0) is 47.0 Å². The molecule has 0 heterocycles. The molecule has 2 unspecified atom stereocenters. The second-order valence-corrected chi connectivity index (χ2v) is 7.84. The van der Waals surface area contributed by atoms with Crippen molar-refractivity contribution in [3.8, 4) is 0 Å². The average molecular weight is 364 g/mol. The first kappa shape index (κ1) is 22.5. The number of rotatable bonds is 8. The summed E-state index contributed by atoms with van der Waals surface area (Å²) in [6.45, 7) is 10.9. The zero-order valence-corrected chi connectivity index (χ0v) is 16.7. The van der Waals surface area contributed by atoms with Gasteiger partial charge in [0, 0.05) is 5.92 Å². The van der Waals surface area contributed by atoms with Crippen LogP contribution in [0.15, 0.2) is 23.3 Å². The lowest BCUT2D eigenvalue weighted by atomic mass is 9.80. The van der Waals surface area contributed by atoms with Gasteiger partial charge in [0.05, 0.1) is 12.0 Å². The second kappa shape index (κ2) is 8.87. The first-order valence-corrected chi connectivity index (χ1v) is 9.27. The summed E-state index contributed by atoms with van der Waals surface area (Å²) < 4.78 is 0. The smallest absolute Gasteiger partial charge is 0.185 e. The summed E-state index contributed by atoms with van der Waals surface area (Å²) in [5.74, 6) is -4.93. The number of hydrogen-bond donors (Lipinski definition) is 2. The topological polar surface area (TPSA) is 91.7 Å². The molecule has 1 aliphatic rings. The Labute approximate surface area is 156 Å². The molecule has 0 aromatic rings. The molecule has 0 bridgehead atoms. The van der Waals surface area contributed by atoms with Gasteiger partial charge in [-0.1, -0.05) is 37.1 Å². The van der Waals surface area contributed by atoms with Crippen LogP contribution in [0.1, 0.15) is 60.8 Å². The van der Waals surface area contributed by atoms with E-state index in [1.807, 2.05) is 34.6 Å². The number of aliphatic hydroxyl groups excluding tert-OH is 1. The molecule has 0 saturated heterocycles. The maximum absolute atomic E-state index is 12.9. The van der Waals surface area contributed by atoms with Crippen molar-refractivity contribution in [3.63, 3.8) is 0 Å². The van der Waals surface area contributed by atoms with Gasteiger partial charge in [0.1, 0.15) is 5.92 Å². The molecule has 0 aromatic carbocycles. The van der Waals surface area contributed by atoms with Crippen molar-refractivity contribution in [2.24, 2.45) is 17.8 Å². The van der Waals surface area contributed by atoms with E-state index in [9.17, 15) is 24.6 Å². The van der Waals surface area contributed by atoms with Gasteiger partial charge in [-0.3, -0.25) is 14.4 Å². The van der Waals surface area contributed by atoms with Crippen LogP contribution in [0.3, 0.4) is 0 Å². The first-order chi connectivity index (χ1) is 12.0. The molecular weight excluding hydrogens is 332 g/mol. The van der Waals surface area contributed by atoms with Crippen LogP contribution >= 0.6 is 0 Å². The number of carbonyl (C=O) groups excluding carboxylic acids is 3. The van der Waals surface area contributed by atoms with Crippen LogP contribution in [0, 0.1) is 17.8 Å². The molecule has 1 rings (SSSR count). The van der Waals surface area contributed by atoms with Crippen molar-refractivity contribution in [2.45, 2.75) is 72.5 Å². The predicted molar refractivity (Wildman–Crippen MR) is 101 cm³/mol. The molecule has 0 aliphatic heterocycles. The van der Waals surface area contributed by atoms with Crippen molar-refractivity contribution >= 4 is 17.3 Å². The van der Waals surface area contributed by atoms with Gasteiger partial charge >= 0.3 is 0 Å². The molecule has 5 nitrogen and oxygen atoms in total. The summed E-state index contributed by atoms with van der Waals surface area (Å²) in [6, 6.07) is 0. The summed E-state index contributed by atoms with van der Waals surface area (Å²) in [6.07, 6.45) is 2.71. The molecule has 1 fully saturated rings. The monoisotopic (exact) mass is 364 g/mol. The van der Waals surface area contributed by atoms with Crippen molar-refractivity contribution in [1.82, 2.24) is 0 Å². The highest BCUT2D eigenvalue weighted by molar-refractivity contribution is 6.28. The molecule has 146 valence electrons. The van der Waals surface area contributed by atoms with Gasteiger partial charge in [0.15, 0.2) is 23.0 Å². The highest BCUT2D eigenvalue weighted by atomic mass is 16.4. The normalized spacial score (nSPS) is 27.8. The van der Waals surface area contributed by atoms with E-state index in [1.165, 1.54) is 0 Å². The Morgan fingerprint density at radius 3 is 2.15 bits per heavy atom. The minimum Gasteiger partial charge on any atom is -0.389 e. The van der Waals surface area contributed by atoms with Crippen LogP contribution in [0.5, 0.6) is 0 Å². The SMILES string of the molecule is CCC(C)C(=O)C1C(=O)[C@@H](CC=C(C)C)[C@@](O)([C@@H](O)CC=C(C)C)C1=O. The maximum atomic E-state index is 12.9. The van der Waals surface area contributed by atoms with Crippen molar-refractivity contribution in [2.75, 3.05) is 0 Å². The summed E-state index contributed by atoms with van der Waals surface area (Å²) in [7, 11) is 0. The fourth-order valence-electron chi connectivity index (χ4n) is 3.28. The molecule has 0 aromatic heterocycles. The number of carbonyl (C=O) groups is 3. The van der Waals surface area contributed by atoms with E-state index in [4.69, 9.17) is 0 Å². The zero-order valence-electron chi connectivity index (χ0n) is 16.7. The Morgan fingerprint density at radius 1 is 1.15 bits per heavy atom. The third-order valence-corrected chi connectivity index (χ3v) is 5.22. The summed E-state index contributed by atoms with van der Waals surface area (Å²) in [4.78, 5) is 38.4. The van der Waals surface area contributed by atoms with Gasteiger partial charge in [0.2, 0.25) is 0 Å². The third kappa shape index (κ3) is 4.38.